The van der Waals surface area contributed by atoms with Crippen LogP contribution in [-0.4, -0.2) is 41.1 Å². The van der Waals surface area contributed by atoms with Crippen molar-refractivity contribution < 1.29 is 19.4 Å². The van der Waals surface area contributed by atoms with Crippen LogP contribution in [0.2, 0.25) is 0 Å². The van der Waals surface area contributed by atoms with Gasteiger partial charge in [-0.1, -0.05) is 13.8 Å². The SMILES string of the molecule is CCC1=C(C)C2=CC3=NC(=C(C)C3=CO)C=C3NC(=C4CC(=O)C5=C(C)C(=CC1=N2)N=C45)[C@@H](CCCC(=O)OC)C3C. The molecule has 216 valence electrons. The summed E-state index contributed by atoms with van der Waals surface area (Å²) < 4.78 is 4.88. The number of allylic oxidation sites excluding steroid dienone is 12. The van der Waals surface area contributed by atoms with Crippen LogP contribution < -0.4 is 5.32 Å². The Morgan fingerprint density at radius 1 is 1.07 bits per heavy atom. The number of fused-ring (bicyclic) bond motifs is 5. The molecule has 5 heterocycles. The van der Waals surface area contributed by atoms with Gasteiger partial charge in [0.25, 0.3) is 0 Å². The number of carbonyl (C=O) groups excluding carboxylic acids is 2. The van der Waals surface area contributed by atoms with E-state index in [-0.39, 0.29) is 23.6 Å². The number of hydrogen-bond acceptors (Lipinski definition) is 8. The summed E-state index contributed by atoms with van der Waals surface area (Å²) in [7, 11) is 1.41. The number of aliphatic hydroxyl groups is 1. The van der Waals surface area contributed by atoms with Crippen molar-refractivity contribution in [3.05, 3.63) is 92.0 Å². The number of aliphatic hydroxyl groups excluding tert-OH is 1. The van der Waals surface area contributed by atoms with Crippen molar-refractivity contribution >= 4 is 28.9 Å². The Kier molecular flexibility index (Phi) is 6.95. The van der Waals surface area contributed by atoms with Crippen molar-refractivity contribution in [2.24, 2.45) is 26.8 Å². The first-order valence-electron chi connectivity index (χ1n) is 14.7. The summed E-state index contributed by atoms with van der Waals surface area (Å²) in [6, 6.07) is 0. The fourth-order valence-corrected chi connectivity index (χ4v) is 6.84. The highest BCUT2D eigenvalue weighted by molar-refractivity contribution is 6.38. The zero-order valence-electron chi connectivity index (χ0n) is 25.0. The lowest BCUT2D eigenvalue weighted by atomic mass is 9.86. The van der Waals surface area contributed by atoms with Crippen molar-refractivity contribution in [3.63, 3.8) is 0 Å². The average Bonchev–Trinajstić information content (AvgIpc) is 3.71. The Labute approximate surface area is 246 Å². The molecular formula is C34H36N4O4. The highest BCUT2D eigenvalue weighted by atomic mass is 16.5. The van der Waals surface area contributed by atoms with Crippen molar-refractivity contribution in [2.75, 3.05) is 7.11 Å². The van der Waals surface area contributed by atoms with Gasteiger partial charge in [-0.2, -0.15) is 0 Å². The van der Waals surface area contributed by atoms with Gasteiger partial charge in [0.05, 0.1) is 47.6 Å². The summed E-state index contributed by atoms with van der Waals surface area (Å²) in [5.74, 6) is -0.000328. The molecule has 42 heavy (non-hydrogen) atoms. The maximum atomic E-state index is 13.4. The van der Waals surface area contributed by atoms with E-state index < -0.39 is 0 Å². The van der Waals surface area contributed by atoms with Crippen LogP contribution in [0.15, 0.2) is 107 Å². The Balaban J connectivity index is 1.57. The molecule has 0 amide bonds. The van der Waals surface area contributed by atoms with E-state index >= 15 is 0 Å². The van der Waals surface area contributed by atoms with Gasteiger partial charge in [-0.3, -0.25) is 9.59 Å². The molecule has 8 nitrogen and oxygen atoms in total. The van der Waals surface area contributed by atoms with E-state index in [2.05, 4.69) is 26.1 Å². The van der Waals surface area contributed by atoms with E-state index in [1.165, 1.54) is 7.11 Å². The fraction of sp³-hybridized carbons (Fsp3) is 0.382. The standard InChI is InChI=1S/C34H36N4O4/c1-7-20-16(2)25-13-29-23(15-39)18(4)24(36-29)12-26-17(3)21(9-8-10-31(41)42-6)33(37-26)22-11-30(40)32-19(5)27(38-34(22)32)14-28(20)35-25/h12-15,17,21,37,39H,7-11H2,1-6H3/t17?,21-/m0/s1. The maximum Gasteiger partial charge on any atom is 0.305 e. The van der Waals surface area contributed by atoms with Gasteiger partial charge in [0.2, 0.25) is 0 Å². The normalized spacial score (nSPS) is 25.7. The molecule has 2 fully saturated rings. The van der Waals surface area contributed by atoms with Crippen molar-refractivity contribution in [1.82, 2.24) is 5.32 Å². The number of esters is 1. The summed E-state index contributed by atoms with van der Waals surface area (Å²) in [6.07, 6.45) is 9.95. The Morgan fingerprint density at radius 3 is 2.52 bits per heavy atom. The number of nitrogens with one attached hydrogen (secondary N) is 1. The lowest BCUT2D eigenvalue weighted by Gasteiger charge is -2.17. The fourth-order valence-electron chi connectivity index (χ4n) is 6.84. The zero-order valence-corrected chi connectivity index (χ0v) is 25.0. The molecule has 5 aliphatic heterocycles. The van der Waals surface area contributed by atoms with Gasteiger partial charge >= 0.3 is 5.97 Å². The van der Waals surface area contributed by atoms with E-state index in [1.807, 2.05) is 32.1 Å². The van der Waals surface area contributed by atoms with E-state index in [1.54, 1.807) is 0 Å². The van der Waals surface area contributed by atoms with Crippen LogP contribution in [-0.2, 0) is 14.3 Å². The predicted octanol–water partition coefficient (Wildman–Crippen LogP) is 6.20. The molecule has 1 unspecified atom stereocenters. The lowest BCUT2D eigenvalue weighted by Crippen LogP contribution is -2.14. The third kappa shape index (κ3) is 4.32. The smallest absolute Gasteiger partial charge is 0.305 e. The number of carbonyl (C=O) groups is 2. The number of rotatable bonds is 5. The predicted molar refractivity (Wildman–Crippen MR) is 164 cm³/mol. The first-order chi connectivity index (χ1) is 20.2. The summed E-state index contributed by atoms with van der Waals surface area (Å²) in [5.41, 5.74) is 12.8. The summed E-state index contributed by atoms with van der Waals surface area (Å²) in [5, 5.41) is 13.9. The minimum absolute atomic E-state index is 0.0631. The van der Waals surface area contributed by atoms with Crippen LogP contribution in [0.25, 0.3) is 0 Å². The quantitative estimate of drug-likeness (QED) is 0.305. The maximum absolute atomic E-state index is 13.4. The third-order valence-electron chi connectivity index (χ3n) is 9.34. The number of hydrogen-bond donors (Lipinski definition) is 2. The van der Waals surface area contributed by atoms with Crippen LogP contribution in [0.1, 0.15) is 66.7 Å². The molecule has 1 saturated carbocycles. The molecule has 8 bridgehead atoms. The van der Waals surface area contributed by atoms with Crippen molar-refractivity contribution in [3.8, 4) is 0 Å². The molecule has 0 aromatic carbocycles. The molecular weight excluding hydrogens is 528 g/mol. The molecule has 0 radical (unpaired) electrons. The third-order valence-corrected chi connectivity index (χ3v) is 9.34. The number of nitrogens with zero attached hydrogens (tertiary/aromatic N) is 3. The summed E-state index contributed by atoms with van der Waals surface area (Å²) in [6.45, 7) is 10.3. The molecule has 2 atom stereocenters. The second-order valence-corrected chi connectivity index (χ2v) is 11.6. The second-order valence-electron chi connectivity index (χ2n) is 11.6. The van der Waals surface area contributed by atoms with Gasteiger partial charge in [-0.05, 0) is 80.6 Å². The molecule has 1 aliphatic carbocycles. The first kappa shape index (κ1) is 27.8. The largest absolute Gasteiger partial charge is 0.515 e. The summed E-state index contributed by atoms with van der Waals surface area (Å²) >= 11 is 0. The number of ether oxygens (including phenoxy) is 1. The topological polar surface area (TPSA) is 113 Å². The Morgan fingerprint density at radius 2 is 1.81 bits per heavy atom. The minimum atomic E-state index is -0.227. The summed E-state index contributed by atoms with van der Waals surface area (Å²) in [4.78, 5) is 40.3. The first-order valence-corrected chi connectivity index (χ1v) is 14.7. The number of Topliss-reactive ketones (excluding diaryl/α,β-unsaturated/α-hetero) is 1. The van der Waals surface area contributed by atoms with Gasteiger partial charge in [0.1, 0.15) is 0 Å². The van der Waals surface area contributed by atoms with Gasteiger partial charge in [-0.25, -0.2) is 15.0 Å². The van der Waals surface area contributed by atoms with Crippen LogP contribution in [0, 0.1) is 11.8 Å². The zero-order chi connectivity index (χ0) is 29.9. The Bertz CT molecular complexity index is 1700. The van der Waals surface area contributed by atoms with Gasteiger partial charge in [0, 0.05) is 52.8 Å². The molecule has 6 aliphatic rings. The second kappa shape index (κ2) is 10.5. The molecule has 1 saturated heterocycles. The van der Waals surface area contributed by atoms with Crippen LogP contribution in [0.4, 0.5) is 0 Å². The van der Waals surface area contributed by atoms with E-state index in [0.29, 0.717) is 36.1 Å². The highest BCUT2D eigenvalue weighted by Gasteiger charge is 2.42. The molecule has 8 heteroatoms. The van der Waals surface area contributed by atoms with Crippen LogP contribution in [0.3, 0.4) is 0 Å². The molecule has 0 spiro atoms. The number of methoxy groups -OCH3 is 1. The van der Waals surface area contributed by atoms with Gasteiger partial charge < -0.3 is 15.2 Å². The number of aliphatic imine (C=N–C) groups is 3. The van der Waals surface area contributed by atoms with Gasteiger partial charge in [-0.15, -0.1) is 0 Å². The van der Waals surface area contributed by atoms with Crippen LogP contribution in [0.5, 0.6) is 0 Å². The van der Waals surface area contributed by atoms with E-state index in [0.717, 1.165) is 86.9 Å². The molecule has 6 rings (SSSR count). The van der Waals surface area contributed by atoms with E-state index in [4.69, 9.17) is 19.7 Å². The average molecular weight is 565 g/mol. The number of ketones is 1. The Hall–Kier alpha value is -4.33. The highest BCUT2D eigenvalue weighted by Crippen LogP contribution is 2.45. The lowest BCUT2D eigenvalue weighted by molar-refractivity contribution is -0.140. The van der Waals surface area contributed by atoms with Crippen molar-refractivity contribution in [1.29, 1.82) is 0 Å². The molecule has 0 aromatic rings. The van der Waals surface area contributed by atoms with Crippen LogP contribution >= 0.6 is 0 Å². The minimum Gasteiger partial charge on any atom is -0.515 e. The molecule has 0 aromatic heterocycles. The van der Waals surface area contributed by atoms with Crippen molar-refractivity contribution in [2.45, 2.75) is 66.7 Å². The van der Waals surface area contributed by atoms with Gasteiger partial charge in [0.15, 0.2) is 5.78 Å². The molecule has 2 N–H and O–H groups in total. The van der Waals surface area contributed by atoms with E-state index in [9.17, 15) is 14.7 Å². The monoisotopic (exact) mass is 564 g/mol.